The Morgan fingerprint density at radius 2 is 2.03 bits per heavy atom. The Bertz CT molecular complexity index is 1050. The molecule has 2 aliphatic heterocycles. The molecule has 3 unspecified atom stereocenters. The number of alkyl halides is 2. The van der Waals surface area contributed by atoms with E-state index in [9.17, 15) is 28.3 Å². The largest absolute Gasteiger partial charge is 0.586 e. The second kappa shape index (κ2) is 7.49. The number of rotatable bonds is 5. The van der Waals surface area contributed by atoms with Gasteiger partial charge in [0.1, 0.15) is 0 Å². The minimum atomic E-state index is -3.77. The molecule has 3 heterocycles. The molecule has 3 amide bonds. The second-order valence-corrected chi connectivity index (χ2v) is 7.21. The number of nitrogens with zero attached hydrogens (tertiary/aromatic N) is 2. The lowest BCUT2D eigenvalue weighted by molar-refractivity contribution is -0.286. The highest BCUT2D eigenvalue weighted by Gasteiger charge is 2.54. The summed E-state index contributed by atoms with van der Waals surface area (Å²) in [7, 11) is 0. The Labute approximate surface area is 174 Å². The number of hydrogen-bond donors (Lipinski definition) is 2. The third-order valence-electron chi connectivity index (χ3n) is 5.13. The van der Waals surface area contributed by atoms with Gasteiger partial charge in [0.25, 0.3) is 0 Å². The lowest BCUT2D eigenvalue weighted by Crippen LogP contribution is -2.68. The van der Waals surface area contributed by atoms with Crippen molar-refractivity contribution in [2.45, 2.75) is 31.7 Å². The van der Waals surface area contributed by atoms with E-state index in [1.54, 1.807) is 25.3 Å². The first-order valence-electron chi connectivity index (χ1n) is 9.31. The van der Waals surface area contributed by atoms with Gasteiger partial charge in [-0.2, -0.15) is 0 Å². The number of nitrogens with one attached hydrogen (secondary N) is 1. The third kappa shape index (κ3) is 3.86. The first-order valence-corrected chi connectivity index (χ1v) is 9.31. The molecule has 162 valence electrons. The molecule has 0 bridgehead atoms. The van der Waals surface area contributed by atoms with Gasteiger partial charge in [0.15, 0.2) is 17.5 Å². The molecule has 2 aromatic rings. The molecular weight excluding hydrogens is 416 g/mol. The van der Waals surface area contributed by atoms with E-state index in [-0.39, 0.29) is 17.9 Å². The molecule has 31 heavy (non-hydrogen) atoms. The fraction of sp³-hybridized carbons (Fsp3) is 0.300. The van der Waals surface area contributed by atoms with E-state index in [1.165, 1.54) is 24.4 Å². The van der Waals surface area contributed by atoms with Crippen molar-refractivity contribution in [3.63, 3.8) is 0 Å². The summed E-state index contributed by atoms with van der Waals surface area (Å²) in [5.41, 5.74) is 1.08. The first kappa shape index (κ1) is 20.5. The number of β-lactam (4-membered cyclic amide) rings is 1. The van der Waals surface area contributed by atoms with E-state index in [0.717, 1.165) is 0 Å². The predicted molar refractivity (Wildman–Crippen MR) is 99.3 cm³/mol. The smallest absolute Gasteiger partial charge is 0.480 e. The predicted octanol–water partition coefficient (Wildman–Crippen LogP) is 2.33. The van der Waals surface area contributed by atoms with Gasteiger partial charge in [-0.15, -0.1) is 8.78 Å². The number of amides is 3. The number of aliphatic carboxylic acids is 1. The number of likely N-dealkylation sites (tertiary alicyclic amines) is 1. The fourth-order valence-corrected chi connectivity index (χ4v) is 3.60. The molecule has 3 atom stereocenters. The third-order valence-corrected chi connectivity index (χ3v) is 5.13. The van der Waals surface area contributed by atoms with Crippen LogP contribution in [0, 0.1) is 5.92 Å². The number of carbonyl (C=O) groups is 3. The summed E-state index contributed by atoms with van der Waals surface area (Å²) >= 11 is 0. The van der Waals surface area contributed by atoms with Crippen molar-refractivity contribution in [1.29, 1.82) is 0 Å². The molecule has 0 spiro atoms. The number of aromatic nitrogens is 1. The standard InChI is InChI=1S/C20H17F2N3O6/c1-10(12-4-5-14-15(8-12)31-20(21,22)30-14)24-19(29)25-16(18(27)28)13(17(25)26)7-11-3-2-6-23-9-11/h2-6,8-10,13,16H,7H2,1H3,(H,24,29)(H,27,28). The number of imide groups is 1. The molecule has 1 fully saturated rings. The van der Waals surface area contributed by atoms with Crippen LogP contribution in [0.3, 0.4) is 0 Å². The van der Waals surface area contributed by atoms with Crippen LogP contribution < -0.4 is 14.8 Å². The van der Waals surface area contributed by atoms with Crippen molar-refractivity contribution < 1.29 is 37.7 Å². The van der Waals surface area contributed by atoms with E-state index < -0.39 is 42.2 Å². The van der Waals surface area contributed by atoms with Gasteiger partial charge in [-0.25, -0.2) is 14.5 Å². The van der Waals surface area contributed by atoms with Gasteiger partial charge in [-0.1, -0.05) is 12.1 Å². The monoisotopic (exact) mass is 433 g/mol. The van der Waals surface area contributed by atoms with Gasteiger partial charge in [0.2, 0.25) is 5.91 Å². The zero-order chi connectivity index (χ0) is 22.3. The molecule has 1 aromatic carbocycles. The highest BCUT2D eigenvalue weighted by atomic mass is 19.3. The van der Waals surface area contributed by atoms with Gasteiger partial charge in [0, 0.05) is 12.4 Å². The number of pyridine rings is 1. The summed E-state index contributed by atoms with van der Waals surface area (Å²) in [5, 5.41) is 12.1. The Balaban J connectivity index is 1.44. The molecule has 0 radical (unpaired) electrons. The lowest BCUT2D eigenvalue weighted by Gasteiger charge is -2.43. The van der Waals surface area contributed by atoms with Crippen LogP contribution in [-0.2, 0) is 16.0 Å². The average molecular weight is 433 g/mol. The average Bonchev–Trinajstić information content (AvgIpc) is 3.03. The zero-order valence-electron chi connectivity index (χ0n) is 16.1. The van der Waals surface area contributed by atoms with Crippen LogP contribution in [0.25, 0.3) is 0 Å². The minimum absolute atomic E-state index is 0.138. The van der Waals surface area contributed by atoms with Crippen LogP contribution in [-0.4, -0.2) is 45.2 Å². The number of benzene rings is 1. The minimum Gasteiger partial charge on any atom is -0.480 e. The first-order chi connectivity index (χ1) is 14.7. The van der Waals surface area contributed by atoms with Crippen molar-refractivity contribution in [3.05, 3.63) is 53.9 Å². The molecule has 4 rings (SSSR count). The van der Waals surface area contributed by atoms with Crippen LogP contribution in [0.15, 0.2) is 42.7 Å². The van der Waals surface area contributed by atoms with E-state index in [4.69, 9.17) is 0 Å². The van der Waals surface area contributed by atoms with E-state index >= 15 is 0 Å². The molecule has 11 heteroatoms. The SMILES string of the molecule is CC(NC(=O)N1C(=O)C(Cc2cccnc2)C1C(=O)O)c1ccc2c(c1)OC(F)(F)O2. The number of urea groups is 1. The van der Waals surface area contributed by atoms with E-state index in [2.05, 4.69) is 19.8 Å². The number of carboxylic acids is 1. The molecule has 0 saturated carbocycles. The summed E-state index contributed by atoms with van der Waals surface area (Å²) in [6.07, 6.45) is -0.547. The van der Waals surface area contributed by atoms with Crippen molar-refractivity contribution in [2.24, 2.45) is 5.92 Å². The molecule has 0 aliphatic carbocycles. The highest BCUT2D eigenvalue weighted by molar-refractivity contribution is 6.07. The lowest BCUT2D eigenvalue weighted by atomic mass is 9.83. The Morgan fingerprint density at radius 3 is 2.71 bits per heavy atom. The van der Waals surface area contributed by atoms with E-state index in [1.807, 2.05) is 0 Å². The topological polar surface area (TPSA) is 118 Å². The number of carbonyl (C=O) groups excluding carboxylic acids is 2. The summed E-state index contributed by atoms with van der Waals surface area (Å²) in [4.78, 5) is 41.4. The van der Waals surface area contributed by atoms with Crippen LogP contribution in [0.4, 0.5) is 13.6 Å². The van der Waals surface area contributed by atoms with Gasteiger partial charge in [0.05, 0.1) is 12.0 Å². The molecule has 9 nitrogen and oxygen atoms in total. The Kier molecular flexibility index (Phi) is 4.96. The maximum absolute atomic E-state index is 13.2. The molecule has 2 N–H and O–H groups in total. The summed E-state index contributed by atoms with van der Waals surface area (Å²) in [6, 6.07) is 4.44. The fourth-order valence-electron chi connectivity index (χ4n) is 3.60. The number of carboxylic acid groups (broad SMARTS) is 1. The van der Waals surface area contributed by atoms with Crippen LogP contribution >= 0.6 is 0 Å². The number of hydrogen-bond acceptors (Lipinski definition) is 6. The summed E-state index contributed by atoms with van der Waals surface area (Å²) in [5.74, 6) is -3.15. The van der Waals surface area contributed by atoms with Gasteiger partial charge < -0.3 is 19.9 Å². The Hall–Kier alpha value is -3.76. The quantitative estimate of drug-likeness (QED) is 0.695. The van der Waals surface area contributed by atoms with Gasteiger partial charge >= 0.3 is 18.3 Å². The maximum atomic E-state index is 13.2. The molecule has 2 aliphatic rings. The second-order valence-electron chi connectivity index (χ2n) is 7.21. The van der Waals surface area contributed by atoms with E-state index in [0.29, 0.717) is 16.0 Å². The van der Waals surface area contributed by atoms with Crippen molar-refractivity contribution in [3.8, 4) is 11.5 Å². The molecule has 1 aromatic heterocycles. The summed E-state index contributed by atoms with van der Waals surface area (Å²) < 4.78 is 35.1. The molecular formula is C20H17F2N3O6. The number of ether oxygens (including phenoxy) is 2. The maximum Gasteiger partial charge on any atom is 0.586 e. The van der Waals surface area contributed by atoms with Gasteiger partial charge in [-0.05, 0) is 42.7 Å². The van der Waals surface area contributed by atoms with Crippen molar-refractivity contribution in [1.82, 2.24) is 15.2 Å². The highest BCUT2D eigenvalue weighted by Crippen LogP contribution is 2.42. The van der Waals surface area contributed by atoms with Crippen LogP contribution in [0.2, 0.25) is 0 Å². The molecule has 1 saturated heterocycles. The van der Waals surface area contributed by atoms with Gasteiger partial charge in [-0.3, -0.25) is 9.78 Å². The Morgan fingerprint density at radius 1 is 1.29 bits per heavy atom. The van der Waals surface area contributed by atoms with Crippen LogP contribution in [0.1, 0.15) is 24.1 Å². The number of halogens is 2. The summed E-state index contributed by atoms with van der Waals surface area (Å²) in [6.45, 7) is 1.56. The zero-order valence-corrected chi connectivity index (χ0v) is 16.1. The number of fused-ring (bicyclic) bond motifs is 1. The van der Waals surface area contributed by atoms with Crippen molar-refractivity contribution >= 4 is 17.9 Å². The normalized spacial score (nSPS) is 21.9. The van der Waals surface area contributed by atoms with Crippen molar-refractivity contribution in [2.75, 3.05) is 0 Å². The van der Waals surface area contributed by atoms with Crippen LogP contribution in [0.5, 0.6) is 11.5 Å².